The van der Waals surface area contributed by atoms with E-state index in [2.05, 4.69) is 0 Å². The molecular formula is C12H14O2. The summed E-state index contributed by atoms with van der Waals surface area (Å²) in [6.45, 7) is 5.56. The molecule has 0 amide bonds. The fourth-order valence-corrected chi connectivity index (χ4v) is 2.49. The van der Waals surface area contributed by atoms with Crippen LogP contribution in [0.25, 0.3) is 0 Å². The lowest BCUT2D eigenvalue weighted by Crippen LogP contribution is -2.50. The average molecular weight is 190 g/mol. The van der Waals surface area contributed by atoms with Gasteiger partial charge >= 0.3 is 0 Å². The molecule has 0 radical (unpaired) electrons. The molecule has 2 aliphatic rings. The van der Waals surface area contributed by atoms with Crippen molar-refractivity contribution < 1.29 is 9.59 Å². The van der Waals surface area contributed by atoms with Gasteiger partial charge in [0.25, 0.3) is 0 Å². The van der Waals surface area contributed by atoms with Gasteiger partial charge in [0.1, 0.15) is 11.6 Å². The Morgan fingerprint density at radius 3 is 2.50 bits per heavy atom. The third-order valence-electron chi connectivity index (χ3n) is 3.41. The second-order valence-electron chi connectivity index (χ2n) is 4.46. The minimum atomic E-state index is -0.469. The molecule has 2 aliphatic carbocycles. The fraction of sp³-hybridized carbons (Fsp3) is 0.500. The Bertz CT molecular complexity index is 383. The van der Waals surface area contributed by atoms with E-state index in [9.17, 15) is 9.59 Å². The Labute approximate surface area is 83.7 Å². The highest BCUT2D eigenvalue weighted by Gasteiger charge is 2.58. The SMILES string of the molecule is CC(=O)C12C=CC(=C(C)C)C1C(=O)C2. The van der Waals surface area contributed by atoms with Gasteiger partial charge in [0.05, 0.1) is 11.3 Å². The summed E-state index contributed by atoms with van der Waals surface area (Å²) in [5.74, 6) is 0.168. The maximum absolute atomic E-state index is 11.5. The minimum absolute atomic E-state index is 0.120. The first-order chi connectivity index (χ1) is 6.49. The number of carbonyl (C=O) groups excluding carboxylic acids is 2. The quantitative estimate of drug-likeness (QED) is 0.634. The number of hydrogen-bond donors (Lipinski definition) is 0. The van der Waals surface area contributed by atoms with Crippen molar-refractivity contribution in [3.05, 3.63) is 23.3 Å². The second kappa shape index (κ2) is 2.66. The Morgan fingerprint density at radius 1 is 1.43 bits per heavy atom. The van der Waals surface area contributed by atoms with E-state index in [1.165, 1.54) is 0 Å². The van der Waals surface area contributed by atoms with E-state index >= 15 is 0 Å². The fourth-order valence-electron chi connectivity index (χ4n) is 2.49. The molecule has 2 unspecified atom stereocenters. The summed E-state index contributed by atoms with van der Waals surface area (Å²) in [5, 5.41) is 0. The van der Waals surface area contributed by atoms with Crippen LogP contribution in [0.15, 0.2) is 23.3 Å². The summed E-state index contributed by atoms with van der Waals surface area (Å²) in [4.78, 5) is 23.0. The molecule has 0 N–H and O–H groups in total. The summed E-state index contributed by atoms with van der Waals surface area (Å²) in [6, 6.07) is 0. The van der Waals surface area contributed by atoms with Gasteiger partial charge in [0.15, 0.2) is 0 Å². The maximum Gasteiger partial charge on any atom is 0.143 e. The molecule has 2 heteroatoms. The van der Waals surface area contributed by atoms with Crippen LogP contribution in [0.5, 0.6) is 0 Å². The highest BCUT2D eigenvalue weighted by Crippen LogP contribution is 2.54. The first kappa shape index (κ1) is 9.38. The zero-order valence-corrected chi connectivity index (χ0v) is 8.76. The van der Waals surface area contributed by atoms with Crippen LogP contribution in [0, 0.1) is 11.3 Å². The number of allylic oxidation sites excluding steroid dienone is 4. The van der Waals surface area contributed by atoms with Crippen molar-refractivity contribution in [1.82, 2.24) is 0 Å². The lowest BCUT2D eigenvalue weighted by molar-refractivity contribution is -0.146. The smallest absolute Gasteiger partial charge is 0.143 e. The second-order valence-corrected chi connectivity index (χ2v) is 4.46. The molecule has 2 rings (SSSR count). The third-order valence-corrected chi connectivity index (χ3v) is 3.41. The molecule has 0 heterocycles. The van der Waals surface area contributed by atoms with Gasteiger partial charge in [-0.3, -0.25) is 9.59 Å². The van der Waals surface area contributed by atoms with Crippen molar-refractivity contribution in [2.45, 2.75) is 27.2 Å². The van der Waals surface area contributed by atoms with Crippen molar-refractivity contribution in [2.24, 2.45) is 11.3 Å². The Balaban J connectivity index is 2.47. The van der Waals surface area contributed by atoms with Gasteiger partial charge in [-0.05, 0) is 26.3 Å². The molecule has 0 aromatic rings. The number of rotatable bonds is 1. The Morgan fingerprint density at radius 2 is 2.07 bits per heavy atom. The molecule has 2 nitrogen and oxygen atoms in total. The number of ketones is 2. The zero-order chi connectivity index (χ0) is 10.5. The highest BCUT2D eigenvalue weighted by molar-refractivity contribution is 6.06. The normalized spacial score (nSPS) is 34.1. The summed E-state index contributed by atoms with van der Waals surface area (Å²) < 4.78 is 0. The Hall–Kier alpha value is -1.18. The molecule has 0 aromatic carbocycles. The van der Waals surface area contributed by atoms with Crippen LogP contribution in [-0.4, -0.2) is 11.6 Å². The van der Waals surface area contributed by atoms with Crippen LogP contribution < -0.4 is 0 Å². The summed E-state index contributed by atoms with van der Waals surface area (Å²) >= 11 is 0. The molecule has 0 spiro atoms. The Kier molecular flexibility index (Phi) is 1.78. The van der Waals surface area contributed by atoms with Crippen molar-refractivity contribution in [1.29, 1.82) is 0 Å². The molecular weight excluding hydrogens is 176 g/mol. The standard InChI is InChI=1S/C12H14O2/c1-7(2)9-4-5-12(8(3)13)6-10(14)11(9)12/h4-5,11H,6H2,1-3H3. The van der Waals surface area contributed by atoms with E-state index in [0.717, 1.165) is 11.1 Å². The van der Waals surface area contributed by atoms with Gasteiger partial charge in [-0.25, -0.2) is 0 Å². The lowest BCUT2D eigenvalue weighted by atomic mass is 9.58. The predicted octanol–water partition coefficient (Wildman–Crippen LogP) is 2.06. The van der Waals surface area contributed by atoms with Crippen LogP contribution in [0.1, 0.15) is 27.2 Å². The molecule has 0 aliphatic heterocycles. The van der Waals surface area contributed by atoms with Gasteiger partial charge < -0.3 is 0 Å². The number of carbonyl (C=O) groups is 2. The van der Waals surface area contributed by atoms with Crippen molar-refractivity contribution in [3.8, 4) is 0 Å². The summed E-state index contributed by atoms with van der Waals surface area (Å²) in [5.41, 5.74) is 1.72. The topological polar surface area (TPSA) is 34.1 Å². The van der Waals surface area contributed by atoms with Crippen molar-refractivity contribution in [3.63, 3.8) is 0 Å². The average Bonchev–Trinajstić information content (AvgIpc) is 2.38. The van der Waals surface area contributed by atoms with E-state index in [1.54, 1.807) is 6.92 Å². The van der Waals surface area contributed by atoms with Gasteiger partial charge in [0, 0.05) is 6.42 Å². The monoisotopic (exact) mass is 190 g/mol. The van der Waals surface area contributed by atoms with Gasteiger partial charge in [-0.2, -0.15) is 0 Å². The van der Waals surface area contributed by atoms with E-state index in [1.807, 2.05) is 26.0 Å². The number of fused-ring (bicyclic) bond motifs is 1. The van der Waals surface area contributed by atoms with E-state index < -0.39 is 5.41 Å². The first-order valence-electron chi connectivity index (χ1n) is 4.89. The molecule has 1 saturated carbocycles. The summed E-state index contributed by atoms with van der Waals surface area (Å²) in [6.07, 6.45) is 4.27. The lowest BCUT2D eigenvalue weighted by Gasteiger charge is -2.41. The molecule has 74 valence electrons. The van der Waals surface area contributed by atoms with E-state index in [4.69, 9.17) is 0 Å². The van der Waals surface area contributed by atoms with E-state index in [0.29, 0.717) is 6.42 Å². The first-order valence-corrected chi connectivity index (χ1v) is 4.89. The zero-order valence-electron chi connectivity index (χ0n) is 8.76. The number of Topliss-reactive ketones (excluding diaryl/α,β-unsaturated/α-hetero) is 2. The van der Waals surface area contributed by atoms with Gasteiger partial charge in [0.2, 0.25) is 0 Å². The highest BCUT2D eigenvalue weighted by atomic mass is 16.1. The van der Waals surface area contributed by atoms with Crippen molar-refractivity contribution in [2.75, 3.05) is 0 Å². The molecule has 0 bridgehead atoms. The molecule has 0 aromatic heterocycles. The van der Waals surface area contributed by atoms with Crippen LogP contribution >= 0.6 is 0 Å². The molecule has 2 atom stereocenters. The largest absolute Gasteiger partial charge is 0.299 e. The van der Waals surface area contributed by atoms with Crippen molar-refractivity contribution >= 4 is 11.6 Å². The molecule has 1 fully saturated rings. The molecule has 14 heavy (non-hydrogen) atoms. The minimum Gasteiger partial charge on any atom is -0.299 e. The van der Waals surface area contributed by atoms with Gasteiger partial charge in [-0.15, -0.1) is 0 Å². The number of hydrogen-bond acceptors (Lipinski definition) is 2. The van der Waals surface area contributed by atoms with Gasteiger partial charge in [-0.1, -0.05) is 17.7 Å². The van der Waals surface area contributed by atoms with Crippen LogP contribution in [0.4, 0.5) is 0 Å². The summed E-state index contributed by atoms with van der Waals surface area (Å²) in [7, 11) is 0. The maximum atomic E-state index is 11.5. The molecule has 0 saturated heterocycles. The third kappa shape index (κ3) is 0.912. The van der Waals surface area contributed by atoms with Crippen LogP contribution in [0.3, 0.4) is 0 Å². The van der Waals surface area contributed by atoms with Crippen LogP contribution in [-0.2, 0) is 9.59 Å². The van der Waals surface area contributed by atoms with Crippen LogP contribution in [0.2, 0.25) is 0 Å². The van der Waals surface area contributed by atoms with E-state index in [-0.39, 0.29) is 17.5 Å². The predicted molar refractivity (Wildman–Crippen MR) is 53.7 cm³/mol.